The number of benzene rings is 1. The van der Waals surface area contributed by atoms with Crippen LogP contribution in [0.4, 0.5) is 0 Å². The molecule has 112 valence electrons. The normalized spacial score (nSPS) is 13.3. The molecule has 21 heavy (non-hydrogen) atoms. The maximum absolute atomic E-state index is 9.13. The highest BCUT2D eigenvalue weighted by Gasteiger charge is 2.16. The maximum atomic E-state index is 9.13. The Balaban J connectivity index is 2.21. The molecule has 0 saturated carbocycles. The van der Waals surface area contributed by atoms with Gasteiger partial charge in [0, 0.05) is 24.3 Å². The lowest BCUT2D eigenvalue weighted by atomic mass is 9.91. The summed E-state index contributed by atoms with van der Waals surface area (Å²) >= 11 is 0. The molecule has 1 atom stereocenters. The van der Waals surface area contributed by atoms with Crippen LogP contribution in [0, 0.1) is 16.7 Å². The van der Waals surface area contributed by atoms with Crippen molar-refractivity contribution in [1.82, 2.24) is 4.57 Å². The number of aromatic nitrogens is 1. The van der Waals surface area contributed by atoms with Crippen molar-refractivity contribution in [2.45, 2.75) is 52.6 Å². The zero-order valence-electron chi connectivity index (χ0n) is 13.3. The molecule has 3 nitrogen and oxygen atoms in total. The number of hydrogen-bond acceptors (Lipinski definition) is 2. The monoisotopic (exact) mass is 283 g/mol. The molecule has 0 aliphatic carbocycles. The van der Waals surface area contributed by atoms with E-state index >= 15 is 0 Å². The quantitative estimate of drug-likeness (QED) is 0.875. The van der Waals surface area contributed by atoms with E-state index in [9.17, 15) is 0 Å². The van der Waals surface area contributed by atoms with Gasteiger partial charge in [0.25, 0.3) is 0 Å². The summed E-state index contributed by atoms with van der Waals surface area (Å²) in [4.78, 5) is 0. The summed E-state index contributed by atoms with van der Waals surface area (Å²) in [5.41, 5.74) is 8.30. The van der Waals surface area contributed by atoms with Crippen LogP contribution in [0.15, 0.2) is 30.5 Å². The van der Waals surface area contributed by atoms with Crippen molar-refractivity contribution in [2.75, 3.05) is 0 Å². The Bertz CT molecular complexity index is 646. The predicted molar refractivity (Wildman–Crippen MR) is 87.9 cm³/mol. The first-order valence-corrected chi connectivity index (χ1v) is 7.70. The van der Waals surface area contributed by atoms with Crippen molar-refractivity contribution in [2.24, 2.45) is 11.1 Å². The molecule has 2 rings (SSSR count). The van der Waals surface area contributed by atoms with Gasteiger partial charge in [0.05, 0.1) is 11.5 Å². The predicted octanol–water partition coefficient (Wildman–Crippen LogP) is 3.86. The third-order valence-corrected chi connectivity index (χ3v) is 4.14. The Morgan fingerprint density at radius 2 is 2.10 bits per heavy atom. The van der Waals surface area contributed by atoms with Gasteiger partial charge >= 0.3 is 0 Å². The van der Waals surface area contributed by atoms with Crippen LogP contribution in [-0.2, 0) is 13.0 Å². The summed E-state index contributed by atoms with van der Waals surface area (Å²) in [7, 11) is 0. The molecule has 1 aromatic heterocycles. The minimum Gasteiger partial charge on any atom is -0.347 e. The summed E-state index contributed by atoms with van der Waals surface area (Å²) < 4.78 is 2.25. The van der Waals surface area contributed by atoms with E-state index in [-0.39, 0.29) is 11.5 Å². The average molecular weight is 283 g/mol. The molecular formula is C18H25N3. The molecule has 0 fully saturated rings. The van der Waals surface area contributed by atoms with Gasteiger partial charge in [0.15, 0.2) is 0 Å². The zero-order valence-corrected chi connectivity index (χ0v) is 13.3. The van der Waals surface area contributed by atoms with Crippen molar-refractivity contribution < 1.29 is 0 Å². The number of nitrogens with two attached hydrogens (primary N) is 1. The van der Waals surface area contributed by atoms with Crippen molar-refractivity contribution >= 4 is 10.9 Å². The molecule has 0 spiro atoms. The summed E-state index contributed by atoms with van der Waals surface area (Å²) in [6.07, 6.45) is 4.88. The number of fused-ring (bicyclic) bond motifs is 1. The lowest BCUT2D eigenvalue weighted by molar-refractivity contribution is 0.417. The van der Waals surface area contributed by atoms with Gasteiger partial charge in [0.2, 0.25) is 0 Å². The molecule has 0 radical (unpaired) electrons. The fourth-order valence-corrected chi connectivity index (χ4v) is 2.45. The summed E-state index contributed by atoms with van der Waals surface area (Å²) in [5, 5.41) is 10.4. The number of rotatable bonds is 6. The molecule has 2 aromatic rings. The first kappa shape index (κ1) is 15.6. The third-order valence-electron chi connectivity index (χ3n) is 4.14. The highest BCUT2D eigenvalue weighted by atomic mass is 14.9. The van der Waals surface area contributed by atoms with Gasteiger partial charge in [-0.2, -0.15) is 5.26 Å². The second-order valence-electron chi connectivity index (χ2n) is 6.52. The summed E-state index contributed by atoms with van der Waals surface area (Å²) in [6.45, 7) is 6.97. The van der Waals surface area contributed by atoms with Crippen LogP contribution in [0.1, 0.15) is 39.2 Å². The van der Waals surface area contributed by atoms with E-state index in [1.807, 2.05) is 13.8 Å². The van der Waals surface area contributed by atoms with Crippen LogP contribution in [0.25, 0.3) is 10.9 Å². The van der Waals surface area contributed by atoms with Gasteiger partial charge in [0.1, 0.15) is 0 Å². The Hall–Kier alpha value is -1.79. The molecule has 3 heteroatoms. The highest BCUT2D eigenvalue weighted by Crippen LogP contribution is 2.23. The molecule has 0 amide bonds. The lowest BCUT2D eigenvalue weighted by Gasteiger charge is -2.16. The third kappa shape index (κ3) is 3.86. The average Bonchev–Trinajstić information content (AvgIpc) is 2.87. The summed E-state index contributed by atoms with van der Waals surface area (Å²) in [5.74, 6) is 0. The van der Waals surface area contributed by atoms with E-state index in [1.165, 1.54) is 16.5 Å². The van der Waals surface area contributed by atoms with Gasteiger partial charge in [-0.3, -0.25) is 0 Å². The number of hydrogen-bond donors (Lipinski definition) is 1. The first-order chi connectivity index (χ1) is 9.95. The lowest BCUT2D eigenvalue weighted by Crippen LogP contribution is -2.21. The number of aryl methyl sites for hydroxylation is 1. The molecule has 1 heterocycles. The van der Waals surface area contributed by atoms with Crippen LogP contribution >= 0.6 is 0 Å². The fraction of sp³-hybridized carbons (Fsp3) is 0.500. The number of nitriles is 1. The minimum atomic E-state index is -0.279. The molecule has 0 saturated heterocycles. The molecule has 0 bridgehead atoms. The maximum Gasteiger partial charge on any atom is 0.0684 e. The van der Waals surface area contributed by atoms with Crippen molar-refractivity contribution in [3.05, 3.63) is 36.0 Å². The Kier molecular flexibility index (Phi) is 4.69. The second kappa shape index (κ2) is 6.32. The van der Waals surface area contributed by atoms with Crippen LogP contribution in [0.2, 0.25) is 0 Å². The standard InChI is InChI=1S/C18H25N3/c1-4-16(20)11-14-5-6-15-7-9-21(17(15)12-14)10-8-18(2,3)13-19/h5-7,9,12,16H,4,8,10-11,20H2,1-3H3. The fourth-order valence-electron chi connectivity index (χ4n) is 2.45. The Labute approximate surface area is 127 Å². The zero-order chi connectivity index (χ0) is 15.5. The molecule has 1 unspecified atom stereocenters. The highest BCUT2D eigenvalue weighted by molar-refractivity contribution is 5.80. The van der Waals surface area contributed by atoms with Gasteiger partial charge in [-0.05, 0) is 56.2 Å². The number of nitrogens with zero attached hydrogens (tertiary/aromatic N) is 2. The second-order valence-corrected chi connectivity index (χ2v) is 6.52. The minimum absolute atomic E-state index is 0.225. The molecule has 2 N–H and O–H groups in total. The molecule has 1 aromatic carbocycles. The van der Waals surface area contributed by atoms with Gasteiger partial charge in [-0.1, -0.05) is 19.1 Å². The van der Waals surface area contributed by atoms with E-state index in [0.29, 0.717) is 0 Å². The SMILES string of the molecule is CCC(N)Cc1ccc2ccn(CCC(C)(C)C#N)c2c1. The Morgan fingerprint density at radius 1 is 1.33 bits per heavy atom. The molecular weight excluding hydrogens is 258 g/mol. The van der Waals surface area contributed by atoms with Crippen LogP contribution in [-0.4, -0.2) is 10.6 Å². The van der Waals surface area contributed by atoms with Crippen LogP contribution in [0.5, 0.6) is 0 Å². The molecule has 0 aliphatic heterocycles. The van der Waals surface area contributed by atoms with Gasteiger partial charge < -0.3 is 10.3 Å². The van der Waals surface area contributed by atoms with Crippen molar-refractivity contribution in [1.29, 1.82) is 5.26 Å². The van der Waals surface area contributed by atoms with Gasteiger partial charge in [-0.25, -0.2) is 0 Å². The van der Waals surface area contributed by atoms with E-state index in [4.69, 9.17) is 11.0 Å². The van der Waals surface area contributed by atoms with Crippen LogP contribution in [0.3, 0.4) is 0 Å². The largest absolute Gasteiger partial charge is 0.347 e. The smallest absolute Gasteiger partial charge is 0.0684 e. The van der Waals surface area contributed by atoms with E-state index < -0.39 is 0 Å². The van der Waals surface area contributed by atoms with E-state index in [2.05, 4.69) is 48.0 Å². The topological polar surface area (TPSA) is 54.7 Å². The molecule has 0 aliphatic rings. The van der Waals surface area contributed by atoms with Gasteiger partial charge in [-0.15, -0.1) is 0 Å². The first-order valence-electron chi connectivity index (χ1n) is 7.70. The van der Waals surface area contributed by atoms with E-state index in [1.54, 1.807) is 0 Å². The van der Waals surface area contributed by atoms with Crippen molar-refractivity contribution in [3.63, 3.8) is 0 Å². The van der Waals surface area contributed by atoms with E-state index in [0.717, 1.165) is 25.8 Å². The summed E-state index contributed by atoms with van der Waals surface area (Å²) in [6, 6.07) is 11.3. The Morgan fingerprint density at radius 3 is 2.76 bits per heavy atom. The van der Waals surface area contributed by atoms with Crippen molar-refractivity contribution in [3.8, 4) is 6.07 Å². The van der Waals surface area contributed by atoms with Crippen LogP contribution < -0.4 is 5.73 Å².